The number of anilines is 1. The van der Waals surface area contributed by atoms with Crippen LogP contribution in [0.3, 0.4) is 0 Å². The number of carbonyl (C=O) groups excluding carboxylic acids is 3. The highest BCUT2D eigenvalue weighted by atomic mass is 19.1. The van der Waals surface area contributed by atoms with E-state index in [0.29, 0.717) is 11.1 Å². The third-order valence-corrected chi connectivity index (χ3v) is 4.88. The van der Waals surface area contributed by atoms with Crippen molar-refractivity contribution in [2.45, 2.75) is 33.7 Å². The molecule has 0 radical (unpaired) electrons. The van der Waals surface area contributed by atoms with Crippen molar-refractivity contribution < 1.29 is 18.8 Å². The maximum absolute atomic E-state index is 13.4. The lowest BCUT2D eigenvalue weighted by atomic mass is 10.0. The number of Topliss-reactive ketones (excluding diaryl/α,β-unsaturated/α-hetero) is 1. The van der Waals surface area contributed by atoms with Crippen LogP contribution in [0.2, 0.25) is 0 Å². The van der Waals surface area contributed by atoms with Crippen LogP contribution in [0, 0.1) is 19.7 Å². The van der Waals surface area contributed by atoms with Crippen molar-refractivity contribution in [3.63, 3.8) is 0 Å². The fraction of sp³-hybridized carbons (Fsp3) is 0.208. The van der Waals surface area contributed by atoms with Gasteiger partial charge in [0.25, 0.3) is 5.91 Å². The average Bonchev–Trinajstić information content (AvgIpc) is 2.74. The topological polar surface area (TPSA) is 101 Å². The summed E-state index contributed by atoms with van der Waals surface area (Å²) in [6, 6.07) is 11.2. The summed E-state index contributed by atoms with van der Waals surface area (Å²) < 4.78 is 13.4. The van der Waals surface area contributed by atoms with Gasteiger partial charge in [-0.2, -0.15) is 0 Å². The van der Waals surface area contributed by atoms with Crippen molar-refractivity contribution in [1.29, 1.82) is 0 Å². The number of rotatable bonds is 7. The summed E-state index contributed by atoms with van der Waals surface area (Å²) in [4.78, 5) is 44.3. The van der Waals surface area contributed by atoms with Crippen molar-refractivity contribution in [2.75, 3.05) is 5.32 Å². The predicted molar refractivity (Wildman–Crippen MR) is 118 cm³/mol. The van der Waals surface area contributed by atoms with E-state index < -0.39 is 5.91 Å². The molecule has 7 nitrogen and oxygen atoms in total. The Bertz CT molecular complexity index is 1190. The Morgan fingerprint density at radius 2 is 1.66 bits per heavy atom. The van der Waals surface area contributed by atoms with Crippen molar-refractivity contribution in [3.8, 4) is 0 Å². The molecule has 1 aromatic heterocycles. The zero-order chi connectivity index (χ0) is 23.3. The molecular formula is C24H23FN4O3. The van der Waals surface area contributed by atoms with Crippen molar-refractivity contribution in [2.24, 2.45) is 0 Å². The first-order valence-corrected chi connectivity index (χ1v) is 9.98. The first-order valence-electron chi connectivity index (χ1n) is 9.98. The van der Waals surface area contributed by atoms with E-state index in [4.69, 9.17) is 0 Å². The second-order valence-electron chi connectivity index (χ2n) is 7.49. The molecular weight excluding hydrogens is 411 g/mol. The molecule has 0 spiro atoms. The molecule has 0 fully saturated rings. The Morgan fingerprint density at radius 3 is 2.34 bits per heavy atom. The van der Waals surface area contributed by atoms with Gasteiger partial charge in [0.05, 0.1) is 6.42 Å². The second-order valence-corrected chi connectivity index (χ2v) is 7.49. The molecule has 2 amide bonds. The van der Waals surface area contributed by atoms with E-state index in [1.807, 2.05) is 6.92 Å². The lowest BCUT2D eigenvalue weighted by Gasteiger charge is -2.09. The summed E-state index contributed by atoms with van der Waals surface area (Å²) in [7, 11) is 0. The number of aryl methyl sites for hydroxylation is 2. The Kier molecular flexibility index (Phi) is 7.04. The molecule has 0 bridgehead atoms. The first kappa shape index (κ1) is 22.7. The first-order chi connectivity index (χ1) is 15.2. The van der Waals surface area contributed by atoms with Crippen LogP contribution in [-0.4, -0.2) is 27.6 Å². The van der Waals surface area contributed by atoms with E-state index in [9.17, 15) is 18.8 Å². The minimum Gasteiger partial charge on any atom is -0.347 e. The van der Waals surface area contributed by atoms with Gasteiger partial charge in [-0.1, -0.05) is 30.3 Å². The van der Waals surface area contributed by atoms with Gasteiger partial charge in [-0.05, 0) is 49.1 Å². The number of aromatic nitrogens is 2. The average molecular weight is 434 g/mol. The number of carbonyl (C=O) groups is 3. The lowest BCUT2D eigenvalue weighted by molar-refractivity contribution is -0.115. The van der Waals surface area contributed by atoms with Gasteiger partial charge in [0.15, 0.2) is 5.78 Å². The molecule has 3 rings (SSSR count). The van der Waals surface area contributed by atoms with Gasteiger partial charge in [-0.3, -0.25) is 14.4 Å². The van der Waals surface area contributed by atoms with Gasteiger partial charge >= 0.3 is 0 Å². The van der Waals surface area contributed by atoms with E-state index in [1.54, 1.807) is 37.3 Å². The van der Waals surface area contributed by atoms with Crippen molar-refractivity contribution >= 4 is 23.4 Å². The molecule has 2 aromatic carbocycles. The summed E-state index contributed by atoms with van der Waals surface area (Å²) in [6.07, 6.45) is 1.28. The Labute approximate surface area is 185 Å². The molecule has 0 unspecified atom stereocenters. The highest BCUT2D eigenvalue weighted by molar-refractivity contribution is 5.97. The quantitative estimate of drug-likeness (QED) is 0.554. The number of benzene rings is 2. The number of hydrogen-bond donors (Lipinski definition) is 2. The molecule has 0 atom stereocenters. The molecule has 0 aliphatic carbocycles. The lowest BCUT2D eigenvalue weighted by Crippen LogP contribution is -2.24. The highest BCUT2D eigenvalue weighted by Gasteiger charge is 2.12. The zero-order valence-corrected chi connectivity index (χ0v) is 18.0. The van der Waals surface area contributed by atoms with E-state index in [2.05, 4.69) is 20.6 Å². The molecule has 0 saturated heterocycles. The number of nitrogens with one attached hydrogen (secondary N) is 2. The maximum atomic E-state index is 13.4. The minimum atomic E-state index is -0.444. The third kappa shape index (κ3) is 5.81. The number of hydrogen-bond acceptors (Lipinski definition) is 5. The summed E-state index contributed by atoms with van der Waals surface area (Å²) >= 11 is 0. The molecule has 0 aliphatic rings. The molecule has 32 heavy (non-hydrogen) atoms. The van der Waals surface area contributed by atoms with Gasteiger partial charge in [0, 0.05) is 18.2 Å². The van der Waals surface area contributed by atoms with Crippen LogP contribution >= 0.6 is 0 Å². The van der Waals surface area contributed by atoms with Gasteiger partial charge in [-0.25, -0.2) is 14.4 Å². The van der Waals surface area contributed by atoms with E-state index in [1.165, 1.54) is 25.4 Å². The van der Waals surface area contributed by atoms with Crippen LogP contribution in [0.15, 0.2) is 48.8 Å². The minimum absolute atomic E-state index is 0.0279. The van der Waals surface area contributed by atoms with Gasteiger partial charge in [-0.15, -0.1) is 0 Å². The summed E-state index contributed by atoms with van der Waals surface area (Å²) in [5.74, 6) is -0.891. The monoisotopic (exact) mass is 434 g/mol. The number of nitrogens with zero attached hydrogens (tertiary/aromatic N) is 2. The fourth-order valence-electron chi connectivity index (χ4n) is 3.24. The van der Waals surface area contributed by atoms with Crippen molar-refractivity contribution in [3.05, 3.63) is 88.1 Å². The van der Waals surface area contributed by atoms with Gasteiger partial charge < -0.3 is 10.6 Å². The molecule has 164 valence electrons. The standard InChI is InChI=1S/C24H23FN4O3/c1-14-8-17(4-6-19(14)16(3)30)10-23(31)29-22-11-21(27-13-28-22)24(32)26-12-18-5-7-20(25)15(2)9-18/h4-9,11,13H,10,12H2,1-3H3,(H,26,32)(H,27,28,29,31). The molecule has 8 heteroatoms. The van der Waals surface area contributed by atoms with Crippen LogP contribution in [0.4, 0.5) is 10.2 Å². The molecule has 3 aromatic rings. The van der Waals surface area contributed by atoms with Crippen LogP contribution < -0.4 is 10.6 Å². The largest absolute Gasteiger partial charge is 0.347 e. The smallest absolute Gasteiger partial charge is 0.270 e. The summed E-state index contributed by atoms with van der Waals surface area (Å²) in [5.41, 5.74) is 3.53. The number of amides is 2. The number of halogens is 1. The molecule has 0 aliphatic heterocycles. The summed E-state index contributed by atoms with van der Waals surface area (Å²) in [5, 5.41) is 5.36. The SMILES string of the molecule is CC(=O)c1ccc(CC(=O)Nc2cc(C(=O)NCc3ccc(F)c(C)c3)ncn2)cc1C. The third-order valence-electron chi connectivity index (χ3n) is 4.88. The van der Waals surface area contributed by atoms with Crippen molar-refractivity contribution in [1.82, 2.24) is 15.3 Å². The molecule has 1 heterocycles. The van der Waals surface area contributed by atoms with Crippen LogP contribution in [0.5, 0.6) is 0 Å². The van der Waals surface area contributed by atoms with E-state index >= 15 is 0 Å². The number of ketones is 1. The normalized spacial score (nSPS) is 10.5. The van der Waals surface area contributed by atoms with Gasteiger partial charge in [0.1, 0.15) is 23.7 Å². The zero-order valence-electron chi connectivity index (χ0n) is 18.0. The molecule has 2 N–H and O–H groups in total. The van der Waals surface area contributed by atoms with Crippen LogP contribution in [-0.2, 0) is 17.8 Å². The Morgan fingerprint density at radius 1 is 0.938 bits per heavy atom. The van der Waals surface area contributed by atoms with Gasteiger partial charge in [0.2, 0.25) is 5.91 Å². The summed E-state index contributed by atoms with van der Waals surface area (Å²) in [6.45, 7) is 5.18. The highest BCUT2D eigenvalue weighted by Crippen LogP contribution is 2.14. The fourth-order valence-corrected chi connectivity index (χ4v) is 3.24. The van der Waals surface area contributed by atoms with E-state index in [-0.39, 0.29) is 42.0 Å². The second kappa shape index (κ2) is 9.91. The van der Waals surface area contributed by atoms with Crippen LogP contribution in [0.1, 0.15) is 50.0 Å². The maximum Gasteiger partial charge on any atom is 0.270 e. The molecule has 0 saturated carbocycles. The predicted octanol–water partition coefficient (Wildman–Crippen LogP) is 3.55. The van der Waals surface area contributed by atoms with E-state index in [0.717, 1.165) is 16.7 Å². The van der Waals surface area contributed by atoms with Crippen LogP contribution in [0.25, 0.3) is 0 Å². The Balaban J connectivity index is 1.60. The Hall–Kier alpha value is -3.94.